The summed E-state index contributed by atoms with van der Waals surface area (Å²) in [5.74, 6) is 0. The van der Waals surface area contributed by atoms with Crippen molar-refractivity contribution in [3.05, 3.63) is 64.8 Å². The number of quaternary nitrogens is 1. The maximum atomic E-state index is 2.55. The van der Waals surface area contributed by atoms with E-state index in [4.69, 9.17) is 0 Å². The van der Waals surface area contributed by atoms with Crippen molar-refractivity contribution in [2.75, 3.05) is 13.6 Å². The molecule has 0 bridgehead atoms. The Morgan fingerprint density at radius 2 is 1.74 bits per heavy atom. The Morgan fingerprint density at radius 3 is 2.57 bits per heavy atom. The van der Waals surface area contributed by atoms with Crippen LogP contribution in [0.1, 0.15) is 22.4 Å². The normalized spacial score (nSPS) is 12.6. The molecule has 2 N–H and O–H groups in total. The lowest BCUT2D eigenvalue weighted by Crippen LogP contribution is -3.00. The molecule has 1 aliphatic rings. The van der Waals surface area contributed by atoms with Crippen LogP contribution < -0.4 is 17.7 Å². The van der Waals surface area contributed by atoms with Crippen molar-refractivity contribution >= 4 is 10.9 Å². The number of likely N-dealkylation sites (N-methyl/N-ethyl adjacent to an activating group) is 1. The number of aryl methyl sites for hydroxylation is 3. The molecule has 23 heavy (non-hydrogen) atoms. The second-order valence-corrected chi connectivity index (χ2v) is 6.30. The van der Waals surface area contributed by atoms with Gasteiger partial charge < -0.3 is 22.3 Å². The van der Waals surface area contributed by atoms with Gasteiger partial charge in [-0.05, 0) is 42.5 Å². The first-order valence-electron chi connectivity index (χ1n) is 8.29. The molecule has 3 heteroatoms. The highest BCUT2D eigenvalue weighted by atomic mass is 35.5. The van der Waals surface area contributed by atoms with Crippen LogP contribution in [0.4, 0.5) is 0 Å². The maximum absolute atomic E-state index is 2.55. The van der Waals surface area contributed by atoms with E-state index in [1.165, 1.54) is 39.0 Å². The first kappa shape index (κ1) is 16.1. The average molecular weight is 327 g/mol. The molecule has 2 nitrogen and oxygen atoms in total. The summed E-state index contributed by atoms with van der Waals surface area (Å²) in [6, 6.07) is 15.7. The number of halogens is 1. The summed E-state index contributed by atoms with van der Waals surface area (Å²) in [7, 11) is 2.15. The SMILES string of the molecule is C[NH2+]CCc1c(C)c2cccc3c2n1-c1ccccc1CC3.[Cl-]. The van der Waals surface area contributed by atoms with Crippen LogP contribution in [0.3, 0.4) is 0 Å². The van der Waals surface area contributed by atoms with Crippen LogP contribution >= 0.6 is 0 Å². The predicted octanol–water partition coefficient (Wildman–Crippen LogP) is -0.223. The predicted molar refractivity (Wildman–Crippen MR) is 91.8 cm³/mol. The van der Waals surface area contributed by atoms with Gasteiger partial charge in [-0.3, -0.25) is 0 Å². The number of fused-ring (bicyclic) bond motifs is 2. The molecule has 0 radical (unpaired) electrons. The number of para-hydroxylation sites is 2. The zero-order valence-electron chi connectivity index (χ0n) is 13.8. The minimum absolute atomic E-state index is 0. The molecule has 1 aromatic heterocycles. The van der Waals surface area contributed by atoms with Crippen molar-refractivity contribution in [1.82, 2.24) is 4.57 Å². The lowest BCUT2D eigenvalue weighted by molar-refractivity contribution is -0.626. The quantitative estimate of drug-likeness (QED) is 0.687. The molecule has 2 aromatic carbocycles. The first-order chi connectivity index (χ1) is 10.8. The Kier molecular flexibility index (Phi) is 4.47. The third-order valence-corrected chi connectivity index (χ3v) is 5.02. The van der Waals surface area contributed by atoms with Crippen molar-refractivity contribution < 1.29 is 17.7 Å². The van der Waals surface area contributed by atoms with Crippen molar-refractivity contribution in [2.24, 2.45) is 0 Å². The molecule has 0 amide bonds. The molecule has 0 fully saturated rings. The van der Waals surface area contributed by atoms with E-state index in [0.717, 1.165) is 25.8 Å². The standard InChI is InChI=1S/C20H22N2.ClH/c1-14-17-8-5-7-16-11-10-15-6-3-4-9-19(15)22(20(16)17)18(14)12-13-21-2;/h3-9,21H,10-13H2,1-2H3;1H. The molecule has 0 atom stereocenters. The van der Waals surface area contributed by atoms with Crippen LogP contribution in [-0.4, -0.2) is 18.2 Å². The second-order valence-electron chi connectivity index (χ2n) is 6.30. The third kappa shape index (κ3) is 2.46. The lowest BCUT2D eigenvalue weighted by atomic mass is 10.0. The van der Waals surface area contributed by atoms with Gasteiger partial charge in [0.2, 0.25) is 0 Å². The fourth-order valence-electron chi connectivity index (χ4n) is 3.87. The zero-order chi connectivity index (χ0) is 15.1. The van der Waals surface area contributed by atoms with Gasteiger partial charge in [0.1, 0.15) is 0 Å². The number of hydrogen-bond donors (Lipinski definition) is 1. The van der Waals surface area contributed by atoms with Gasteiger partial charge in [-0.25, -0.2) is 0 Å². The number of rotatable bonds is 3. The van der Waals surface area contributed by atoms with Crippen LogP contribution in [-0.2, 0) is 19.3 Å². The van der Waals surface area contributed by atoms with E-state index in [0.29, 0.717) is 0 Å². The minimum atomic E-state index is 0. The summed E-state index contributed by atoms with van der Waals surface area (Å²) >= 11 is 0. The van der Waals surface area contributed by atoms with E-state index >= 15 is 0 Å². The summed E-state index contributed by atoms with van der Waals surface area (Å²) in [5.41, 5.74) is 8.72. The van der Waals surface area contributed by atoms with Gasteiger partial charge in [0.15, 0.2) is 0 Å². The molecule has 1 aliphatic heterocycles. The third-order valence-electron chi connectivity index (χ3n) is 5.02. The second kappa shape index (κ2) is 6.38. The van der Waals surface area contributed by atoms with Gasteiger partial charge in [-0.1, -0.05) is 36.4 Å². The molecular formula is C20H23ClN2. The fraction of sp³-hybridized carbons (Fsp3) is 0.300. The Balaban J connectivity index is 0.00000156. The van der Waals surface area contributed by atoms with Crippen molar-refractivity contribution in [1.29, 1.82) is 0 Å². The largest absolute Gasteiger partial charge is 1.00 e. The highest BCUT2D eigenvalue weighted by Crippen LogP contribution is 2.35. The fourth-order valence-corrected chi connectivity index (χ4v) is 3.87. The van der Waals surface area contributed by atoms with E-state index in [-0.39, 0.29) is 12.4 Å². The van der Waals surface area contributed by atoms with Gasteiger partial charge in [0, 0.05) is 23.2 Å². The number of benzene rings is 2. The van der Waals surface area contributed by atoms with E-state index in [9.17, 15) is 0 Å². The maximum Gasteiger partial charge on any atom is 0.0809 e. The zero-order valence-corrected chi connectivity index (χ0v) is 14.5. The molecule has 4 rings (SSSR count). The first-order valence-corrected chi connectivity index (χ1v) is 8.29. The number of aromatic nitrogens is 1. The molecule has 0 saturated heterocycles. The molecule has 0 unspecified atom stereocenters. The van der Waals surface area contributed by atoms with Crippen molar-refractivity contribution in [2.45, 2.75) is 26.2 Å². The van der Waals surface area contributed by atoms with E-state index < -0.39 is 0 Å². The van der Waals surface area contributed by atoms with Gasteiger partial charge >= 0.3 is 0 Å². The summed E-state index contributed by atoms with van der Waals surface area (Å²) in [6.45, 7) is 3.42. The van der Waals surface area contributed by atoms with Crippen LogP contribution in [0.2, 0.25) is 0 Å². The summed E-state index contributed by atoms with van der Waals surface area (Å²) in [5, 5.41) is 3.70. The topological polar surface area (TPSA) is 21.5 Å². The summed E-state index contributed by atoms with van der Waals surface area (Å²) < 4.78 is 2.55. The van der Waals surface area contributed by atoms with Crippen molar-refractivity contribution in [3.8, 4) is 5.69 Å². The lowest BCUT2D eigenvalue weighted by Gasteiger charge is -2.13. The molecule has 0 saturated carbocycles. The van der Waals surface area contributed by atoms with Crippen LogP contribution in [0.15, 0.2) is 42.5 Å². The van der Waals surface area contributed by atoms with E-state index in [2.05, 4.69) is 66.3 Å². The van der Waals surface area contributed by atoms with E-state index in [1.807, 2.05) is 0 Å². The molecular weight excluding hydrogens is 304 g/mol. The van der Waals surface area contributed by atoms with Crippen LogP contribution in [0, 0.1) is 6.92 Å². The van der Waals surface area contributed by atoms with Crippen LogP contribution in [0.5, 0.6) is 0 Å². The number of nitrogens with two attached hydrogens (primary N) is 1. The van der Waals surface area contributed by atoms with Crippen LogP contribution in [0.25, 0.3) is 16.6 Å². The van der Waals surface area contributed by atoms with Gasteiger partial charge in [-0.15, -0.1) is 0 Å². The highest BCUT2D eigenvalue weighted by molar-refractivity contribution is 5.90. The molecule has 2 heterocycles. The van der Waals surface area contributed by atoms with Gasteiger partial charge in [-0.2, -0.15) is 0 Å². The molecule has 3 aromatic rings. The summed E-state index contributed by atoms with van der Waals surface area (Å²) in [6.07, 6.45) is 3.39. The summed E-state index contributed by atoms with van der Waals surface area (Å²) in [4.78, 5) is 0. The van der Waals surface area contributed by atoms with Gasteiger partial charge in [0.25, 0.3) is 0 Å². The Hall–Kier alpha value is -1.77. The van der Waals surface area contributed by atoms with E-state index in [1.54, 1.807) is 0 Å². The monoisotopic (exact) mass is 326 g/mol. The van der Waals surface area contributed by atoms with Gasteiger partial charge in [0.05, 0.1) is 19.1 Å². The number of hydrogen-bond acceptors (Lipinski definition) is 0. The minimum Gasteiger partial charge on any atom is -1.00 e. The highest BCUT2D eigenvalue weighted by Gasteiger charge is 2.21. The Bertz CT molecular complexity index is 848. The van der Waals surface area contributed by atoms with Crippen molar-refractivity contribution in [3.63, 3.8) is 0 Å². The molecule has 0 spiro atoms. The number of nitrogens with zero attached hydrogens (tertiary/aromatic N) is 1. The smallest absolute Gasteiger partial charge is 0.0809 e. The molecule has 0 aliphatic carbocycles. The Labute approximate surface area is 143 Å². The Morgan fingerprint density at radius 1 is 1.00 bits per heavy atom. The average Bonchev–Trinajstić information content (AvgIpc) is 2.73. The molecule has 120 valence electrons.